The molecule has 0 aliphatic carbocycles. The molecule has 0 spiro atoms. The highest BCUT2D eigenvalue weighted by Gasteiger charge is 2.33. The summed E-state index contributed by atoms with van der Waals surface area (Å²) in [5, 5.41) is 17.8. The first-order chi connectivity index (χ1) is 20.2. The maximum atomic E-state index is 13.1. The number of nitrogens with zero attached hydrogens (tertiary/aromatic N) is 1. The van der Waals surface area contributed by atoms with Crippen molar-refractivity contribution in [2.24, 2.45) is 0 Å². The highest BCUT2D eigenvalue weighted by Crippen LogP contribution is 2.36. The summed E-state index contributed by atoms with van der Waals surface area (Å²) in [7, 11) is -4.38. The van der Waals surface area contributed by atoms with E-state index in [1.807, 2.05) is 0 Å². The Bertz CT molecular complexity index is 1740. The lowest BCUT2D eigenvalue weighted by Crippen LogP contribution is -2.22. The molecule has 10 nitrogen and oxygen atoms in total. The van der Waals surface area contributed by atoms with Crippen LogP contribution < -0.4 is 20.7 Å². The summed E-state index contributed by atoms with van der Waals surface area (Å²) in [5.74, 6) is 0.702. The highest BCUT2D eigenvalue weighted by molar-refractivity contribution is 7.85. The fraction of sp³-hybridized carbons (Fsp3) is 0.143. The summed E-state index contributed by atoms with van der Waals surface area (Å²) in [6.45, 7) is 1.83. The zero-order valence-corrected chi connectivity index (χ0v) is 23.8. The number of ether oxygens (including phenoxy) is 1. The van der Waals surface area contributed by atoms with Gasteiger partial charge in [0.05, 0.1) is 21.2 Å². The Hall–Kier alpha value is -4.21. The number of hydrogen-bond acceptors (Lipinski definition) is 7. The first kappa shape index (κ1) is 31.7. The maximum Gasteiger partial charge on any atom is 0.417 e. The molecule has 4 aromatic rings. The molecule has 1 atom stereocenters. The van der Waals surface area contributed by atoms with E-state index >= 15 is 0 Å². The van der Waals surface area contributed by atoms with Crippen molar-refractivity contribution in [2.45, 2.75) is 30.8 Å². The van der Waals surface area contributed by atoms with E-state index in [1.165, 1.54) is 42.6 Å². The average Bonchev–Trinajstić information content (AvgIpc) is 2.93. The molecule has 0 aliphatic rings. The Balaban J connectivity index is 1.34. The van der Waals surface area contributed by atoms with Crippen molar-refractivity contribution in [3.8, 4) is 11.5 Å². The lowest BCUT2D eigenvalue weighted by molar-refractivity contribution is -0.137. The zero-order valence-electron chi connectivity index (χ0n) is 22.2. The van der Waals surface area contributed by atoms with Gasteiger partial charge in [0.2, 0.25) is 0 Å². The number of carbonyl (C=O) groups is 1. The number of alkyl halides is 3. The van der Waals surface area contributed by atoms with Crippen molar-refractivity contribution in [3.63, 3.8) is 0 Å². The molecule has 226 valence electrons. The fourth-order valence-electron chi connectivity index (χ4n) is 3.81. The topological polar surface area (TPSA) is 150 Å². The van der Waals surface area contributed by atoms with Gasteiger partial charge in [0.15, 0.2) is 0 Å². The second kappa shape index (κ2) is 13.0. The molecule has 1 aromatic heterocycles. The lowest BCUT2D eigenvalue weighted by atomic mass is 10.1. The van der Waals surface area contributed by atoms with Crippen molar-refractivity contribution in [1.29, 1.82) is 0 Å². The van der Waals surface area contributed by atoms with E-state index in [9.17, 15) is 36.0 Å². The zero-order chi connectivity index (χ0) is 31.4. The average molecular weight is 637 g/mol. The van der Waals surface area contributed by atoms with E-state index in [4.69, 9.17) is 16.3 Å². The number of amides is 2. The van der Waals surface area contributed by atoms with Crippen LogP contribution in [-0.4, -0.2) is 29.1 Å². The van der Waals surface area contributed by atoms with Gasteiger partial charge in [-0.2, -0.15) is 21.6 Å². The summed E-state index contributed by atoms with van der Waals surface area (Å²) in [4.78, 5) is 16.1. The van der Waals surface area contributed by atoms with Crippen LogP contribution in [0, 0.1) is 6.92 Å². The first-order valence-corrected chi connectivity index (χ1v) is 14.2. The molecule has 0 aliphatic heterocycles. The lowest BCUT2D eigenvalue weighted by Gasteiger charge is -2.15. The van der Waals surface area contributed by atoms with Crippen LogP contribution in [0.4, 0.5) is 29.3 Å². The molecule has 0 bridgehead atoms. The van der Waals surface area contributed by atoms with Crippen molar-refractivity contribution < 1.29 is 40.8 Å². The van der Waals surface area contributed by atoms with Crippen LogP contribution in [0.5, 0.6) is 11.5 Å². The molecule has 4 rings (SSSR count). The first-order valence-electron chi connectivity index (χ1n) is 12.4. The highest BCUT2D eigenvalue weighted by atomic mass is 35.5. The normalized spacial score (nSPS) is 12.4. The van der Waals surface area contributed by atoms with Crippen LogP contribution in [-0.2, 0) is 22.8 Å². The molecular weight excluding hydrogens is 613 g/mol. The second-order valence-corrected chi connectivity index (χ2v) is 11.0. The molecule has 0 fully saturated rings. The molecule has 5 N–H and O–H groups in total. The van der Waals surface area contributed by atoms with Gasteiger partial charge < -0.3 is 20.5 Å². The van der Waals surface area contributed by atoms with Crippen LogP contribution in [0.1, 0.15) is 28.6 Å². The second-order valence-electron chi connectivity index (χ2n) is 9.16. The van der Waals surface area contributed by atoms with Gasteiger partial charge in [0.1, 0.15) is 17.7 Å². The van der Waals surface area contributed by atoms with E-state index in [2.05, 4.69) is 20.9 Å². The minimum absolute atomic E-state index is 0.0761. The number of carbonyl (C=O) groups excluding carboxylic acids is 1. The number of aromatic nitrogens is 1. The molecule has 1 unspecified atom stereocenters. The molecule has 1 heterocycles. The number of aryl methyl sites for hydroxylation is 1. The Kier molecular flexibility index (Phi) is 9.57. The van der Waals surface area contributed by atoms with Crippen LogP contribution in [0.2, 0.25) is 5.02 Å². The van der Waals surface area contributed by atoms with E-state index in [0.717, 1.165) is 17.7 Å². The van der Waals surface area contributed by atoms with Gasteiger partial charge in [-0.15, -0.1) is 0 Å². The quantitative estimate of drug-likeness (QED) is 0.103. The summed E-state index contributed by atoms with van der Waals surface area (Å²) < 4.78 is 77.1. The number of anilines is 2. The fourth-order valence-corrected chi connectivity index (χ4v) is 4.56. The van der Waals surface area contributed by atoms with E-state index in [0.29, 0.717) is 22.7 Å². The summed E-state index contributed by atoms with van der Waals surface area (Å²) in [6, 6.07) is 15.5. The number of halogens is 4. The maximum absolute atomic E-state index is 13.1. The molecular formula is C28H24ClF3N4O6S. The smallest absolute Gasteiger partial charge is 0.417 e. The molecule has 0 saturated carbocycles. The standard InChI is InChI=1S/C28H24ClF3N4O6S/c1-16-2-8-22(43(39,40)41)12-17(16)15-34-26(37)25-14-21(10-11-33-25)42-20-6-3-18(4-7-20)35-27(38)36-19-5-9-24(29)23(13-19)28(30,31)32/h2-14,26,34,37H,15H2,1H3,(H2,35,36,38)(H,39,40,41). The third-order valence-corrected chi connectivity index (χ3v) is 7.19. The Morgan fingerprint density at radius 3 is 2.33 bits per heavy atom. The summed E-state index contributed by atoms with van der Waals surface area (Å²) in [6.07, 6.45) is -4.50. The van der Waals surface area contributed by atoms with E-state index < -0.39 is 39.1 Å². The third-order valence-electron chi connectivity index (χ3n) is 6.01. The van der Waals surface area contributed by atoms with Gasteiger partial charge in [-0.25, -0.2) is 4.79 Å². The Morgan fingerprint density at radius 2 is 1.65 bits per heavy atom. The van der Waals surface area contributed by atoms with E-state index in [1.54, 1.807) is 31.2 Å². The van der Waals surface area contributed by atoms with Crippen LogP contribution in [0.15, 0.2) is 83.9 Å². The predicted molar refractivity (Wildman–Crippen MR) is 153 cm³/mol. The molecule has 0 saturated heterocycles. The van der Waals surface area contributed by atoms with Crippen molar-refractivity contribution >= 4 is 39.1 Å². The predicted octanol–water partition coefficient (Wildman–Crippen LogP) is 6.53. The summed E-state index contributed by atoms with van der Waals surface area (Å²) >= 11 is 5.60. The number of hydrogen-bond donors (Lipinski definition) is 5. The number of aliphatic hydroxyl groups excluding tert-OH is 1. The molecule has 0 radical (unpaired) electrons. The molecule has 3 aromatic carbocycles. The van der Waals surface area contributed by atoms with Gasteiger partial charge in [-0.3, -0.25) is 14.9 Å². The van der Waals surface area contributed by atoms with Crippen LogP contribution in [0.3, 0.4) is 0 Å². The van der Waals surface area contributed by atoms with Gasteiger partial charge in [0.25, 0.3) is 10.1 Å². The number of pyridine rings is 1. The minimum atomic E-state index is -4.68. The van der Waals surface area contributed by atoms with Crippen molar-refractivity contribution in [3.05, 3.63) is 106 Å². The number of rotatable bonds is 9. The summed E-state index contributed by atoms with van der Waals surface area (Å²) in [5.41, 5.74) is 0.666. The molecule has 15 heteroatoms. The number of urea groups is 1. The Labute approximate surface area is 249 Å². The molecule has 43 heavy (non-hydrogen) atoms. The van der Waals surface area contributed by atoms with Crippen molar-refractivity contribution in [2.75, 3.05) is 10.6 Å². The van der Waals surface area contributed by atoms with Gasteiger partial charge in [-0.05, 0) is 78.7 Å². The largest absolute Gasteiger partial charge is 0.457 e. The van der Waals surface area contributed by atoms with Gasteiger partial charge >= 0.3 is 12.2 Å². The van der Waals surface area contributed by atoms with Crippen LogP contribution >= 0.6 is 11.6 Å². The van der Waals surface area contributed by atoms with Crippen LogP contribution in [0.25, 0.3) is 0 Å². The Morgan fingerprint density at radius 1 is 0.977 bits per heavy atom. The minimum Gasteiger partial charge on any atom is -0.457 e. The number of nitrogens with one attached hydrogen (secondary N) is 3. The number of benzene rings is 3. The third kappa shape index (κ3) is 8.65. The van der Waals surface area contributed by atoms with Crippen molar-refractivity contribution in [1.82, 2.24) is 10.3 Å². The molecule has 2 amide bonds. The van der Waals surface area contributed by atoms with Gasteiger partial charge in [-0.1, -0.05) is 17.7 Å². The number of aliphatic hydroxyl groups is 1. The SMILES string of the molecule is Cc1ccc(S(=O)(=O)O)cc1CNC(O)c1cc(Oc2ccc(NC(=O)Nc3ccc(Cl)c(C(F)(F)F)c3)cc2)ccn1. The van der Waals surface area contributed by atoms with Gasteiger partial charge in [0, 0.05) is 30.2 Å². The van der Waals surface area contributed by atoms with E-state index in [-0.39, 0.29) is 22.8 Å². The monoisotopic (exact) mass is 636 g/mol.